The highest BCUT2D eigenvalue weighted by molar-refractivity contribution is 7.89. The van der Waals surface area contributed by atoms with E-state index < -0.39 is 16.0 Å². The lowest BCUT2D eigenvalue weighted by Crippen LogP contribution is -2.12. The van der Waals surface area contributed by atoms with Crippen LogP contribution in [0.4, 0.5) is 5.69 Å². The topological polar surface area (TPSA) is 123 Å². The van der Waals surface area contributed by atoms with E-state index in [2.05, 4.69) is 5.32 Å². The van der Waals surface area contributed by atoms with Gasteiger partial charge in [0, 0.05) is 0 Å². The Kier molecular flexibility index (Phi) is 4.21. The molecule has 0 saturated carbocycles. The molecule has 0 amide bonds. The number of aromatic carboxylic acids is 1. The first kappa shape index (κ1) is 15.4. The number of carboxylic acids is 1. The normalized spacial score (nSPS) is 11.3. The highest BCUT2D eigenvalue weighted by Crippen LogP contribution is 2.25. The van der Waals surface area contributed by atoms with E-state index in [0.717, 1.165) is 6.26 Å². The van der Waals surface area contributed by atoms with Crippen LogP contribution in [0.25, 0.3) is 0 Å². The first-order valence-corrected chi connectivity index (χ1v) is 7.57. The number of benzene rings is 1. The summed E-state index contributed by atoms with van der Waals surface area (Å²) >= 11 is 5.95. The van der Waals surface area contributed by atoms with Gasteiger partial charge in [0.15, 0.2) is 0 Å². The number of anilines is 1. The molecule has 0 aliphatic rings. The number of halogens is 1. The largest absolute Gasteiger partial charge is 0.478 e. The van der Waals surface area contributed by atoms with Gasteiger partial charge in [0.25, 0.3) is 0 Å². The average Bonchev–Trinajstić information content (AvgIpc) is 2.85. The Balaban J connectivity index is 2.17. The van der Waals surface area contributed by atoms with Crippen molar-refractivity contribution in [3.63, 3.8) is 0 Å². The van der Waals surface area contributed by atoms with Crippen LogP contribution in [0.1, 0.15) is 16.1 Å². The van der Waals surface area contributed by atoms with Crippen LogP contribution in [-0.4, -0.2) is 19.5 Å². The Morgan fingerprint density at radius 1 is 1.38 bits per heavy atom. The standard InChI is InChI=1S/C12H11ClN2O5S/c13-10-2-1-9(21(14,18)19)4-11(10)15-5-8-3-7(6-20-8)12(16)17/h1-4,6,15H,5H2,(H,16,17)(H2,14,18,19). The van der Waals surface area contributed by atoms with E-state index in [1.165, 1.54) is 24.3 Å². The van der Waals surface area contributed by atoms with Gasteiger partial charge in [-0.15, -0.1) is 0 Å². The van der Waals surface area contributed by atoms with Gasteiger partial charge in [0.05, 0.1) is 27.7 Å². The third kappa shape index (κ3) is 3.75. The van der Waals surface area contributed by atoms with Gasteiger partial charge in [0.1, 0.15) is 12.0 Å². The van der Waals surface area contributed by atoms with Crippen molar-refractivity contribution >= 4 is 33.3 Å². The van der Waals surface area contributed by atoms with E-state index in [0.29, 0.717) is 16.5 Å². The van der Waals surface area contributed by atoms with Gasteiger partial charge in [-0.2, -0.15) is 0 Å². The maximum atomic E-state index is 11.3. The molecule has 0 bridgehead atoms. The molecule has 0 unspecified atom stereocenters. The van der Waals surface area contributed by atoms with Crippen LogP contribution in [-0.2, 0) is 16.6 Å². The fraction of sp³-hybridized carbons (Fsp3) is 0.0833. The Labute approximate surface area is 125 Å². The summed E-state index contributed by atoms with van der Waals surface area (Å²) < 4.78 is 27.6. The molecule has 0 atom stereocenters. The summed E-state index contributed by atoms with van der Waals surface area (Å²) in [6.07, 6.45) is 1.11. The van der Waals surface area contributed by atoms with Crippen LogP contribution >= 0.6 is 11.6 Å². The van der Waals surface area contributed by atoms with Crippen molar-refractivity contribution in [2.45, 2.75) is 11.4 Å². The number of carboxylic acid groups (broad SMARTS) is 1. The minimum absolute atomic E-state index is 0.0242. The first-order valence-electron chi connectivity index (χ1n) is 5.64. The van der Waals surface area contributed by atoms with Crippen LogP contribution in [0.2, 0.25) is 5.02 Å². The molecular weight excluding hydrogens is 320 g/mol. The smallest absolute Gasteiger partial charge is 0.338 e. The first-order chi connectivity index (χ1) is 9.77. The predicted octanol–water partition coefficient (Wildman–Crippen LogP) is 1.89. The maximum Gasteiger partial charge on any atom is 0.338 e. The van der Waals surface area contributed by atoms with E-state index >= 15 is 0 Å². The molecule has 1 aromatic carbocycles. The lowest BCUT2D eigenvalue weighted by atomic mass is 10.3. The van der Waals surface area contributed by atoms with E-state index in [4.69, 9.17) is 26.3 Å². The van der Waals surface area contributed by atoms with Crippen molar-refractivity contribution < 1.29 is 22.7 Å². The molecular formula is C12H11ClN2O5S. The van der Waals surface area contributed by atoms with Gasteiger partial charge in [-0.1, -0.05) is 11.6 Å². The molecule has 9 heteroatoms. The predicted molar refractivity (Wildman–Crippen MR) is 75.8 cm³/mol. The summed E-state index contributed by atoms with van der Waals surface area (Å²) in [5, 5.41) is 17.0. The third-order valence-electron chi connectivity index (χ3n) is 2.62. The maximum absolute atomic E-state index is 11.3. The molecule has 0 aliphatic carbocycles. The number of furan rings is 1. The Morgan fingerprint density at radius 3 is 2.67 bits per heavy atom. The second kappa shape index (κ2) is 5.76. The molecule has 0 saturated heterocycles. The second-order valence-electron chi connectivity index (χ2n) is 4.15. The van der Waals surface area contributed by atoms with Gasteiger partial charge < -0.3 is 14.8 Å². The molecule has 7 nitrogen and oxygen atoms in total. The van der Waals surface area contributed by atoms with Crippen LogP contribution in [0.3, 0.4) is 0 Å². The molecule has 0 fully saturated rings. The summed E-state index contributed by atoms with van der Waals surface area (Å²) in [5.41, 5.74) is 0.368. The summed E-state index contributed by atoms with van der Waals surface area (Å²) in [6.45, 7) is 0.140. The molecule has 1 aromatic heterocycles. The summed E-state index contributed by atoms with van der Waals surface area (Å²) in [5.74, 6) is -0.733. The van der Waals surface area contributed by atoms with Crippen LogP contribution in [0.15, 0.2) is 39.8 Å². The minimum atomic E-state index is -3.83. The van der Waals surface area contributed by atoms with Gasteiger partial charge in [0.2, 0.25) is 10.0 Å². The highest BCUT2D eigenvalue weighted by Gasteiger charge is 2.12. The van der Waals surface area contributed by atoms with Crippen molar-refractivity contribution in [2.75, 3.05) is 5.32 Å². The number of nitrogens with one attached hydrogen (secondary N) is 1. The summed E-state index contributed by atoms with van der Waals surface area (Å²) in [7, 11) is -3.83. The number of rotatable bonds is 5. The van der Waals surface area contributed by atoms with Crippen molar-refractivity contribution in [3.05, 3.63) is 46.9 Å². The quantitative estimate of drug-likeness (QED) is 0.769. The molecule has 112 valence electrons. The number of nitrogens with two attached hydrogens (primary N) is 1. The molecule has 2 aromatic rings. The van der Waals surface area contributed by atoms with E-state index in [1.54, 1.807) is 0 Å². The van der Waals surface area contributed by atoms with Crippen molar-refractivity contribution in [1.29, 1.82) is 0 Å². The van der Waals surface area contributed by atoms with Crippen LogP contribution < -0.4 is 10.5 Å². The summed E-state index contributed by atoms with van der Waals surface area (Å²) in [4.78, 5) is 10.6. The van der Waals surface area contributed by atoms with Gasteiger partial charge in [-0.3, -0.25) is 0 Å². The Bertz CT molecular complexity index is 785. The van der Waals surface area contributed by atoms with Crippen LogP contribution in [0.5, 0.6) is 0 Å². The van der Waals surface area contributed by atoms with Crippen molar-refractivity contribution in [3.8, 4) is 0 Å². The monoisotopic (exact) mass is 330 g/mol. The number of carbonyl (C=O) groups is 1. The number of primary sulfonamides is 1. The van der Waals surface area contributed by atoms with E-state index in [1.807, 2.05) is 0 Å². The lowest BCUT2D eigenvalue weighted by molar-refractivity contribution is 0.0696. The zero-order valence-corrected chi connectivity index (χ0v) is 12.1. The zero-order valence-electron chi connectivity index (χ0n) is 10.5. The van der Waals surface area contributed by atoms with E-state index in [-0.39, 0.29) is 17.0 Å². The molecule has 21 heavy (non-hydrogen) atoms. The highest BCUT2D eigenvalue weighted by atomic mass is 35.5. The van der Waals surface area contributed by atoms with Gasteiger partial charge >= 0.3 is 5.97 Å². The Hall–Kier alpha value is -2.03. The zero-order chi connectivity index (χ0) is 15.6. The fourth-order valence-corrected chi connectivity index (χ4v) is 2.31. The molecule has 0 spiro atoms. The van der Waals surface area contributed by atoms with Gasteiger partial charge in [-0.25, -0.2) is 18.4 Å². The molecule has 0 aliphatic heterocycles. The number of hydrogen-bond donors (Lipinski definition) is 3. The molecule has 4 N–H and O–H groups in total. The van der Waals surface area contributed by atoms with Gasteiger partial charge in [-0.05, 0) is 24.3 Å². The van der Waals surface area contributed by atoms with E-state index in [9.17, 15) is 13.2 Å². The number of hydrogen-bond acceptors (Lipinski definition) is 5. The number of sulfonamides is 1. The minimum Gasteiger partial charge on any atom is -0.478 e. The lowest BCUT2D eigenvalue weighted by Gasteiger charge is -2.08. The van der Waals surface area contributed by atoms with Crippen molar-refractivity contribution in [1.82, 2.24) is 0 Å². The fourth-order valence-electron chi connectivity index (χ4n) is 1.58. The molecule has 0 radical (unpaired) electrons. The molecule has 1 heterocycles. The third-order valence-corrected chi connectivity index (χ3v) is 3.86. The second-order valence-corrected chi connectivity index (χ2v) is 6.12. The SMILES string of the molecule is NS(=O)(=O)c1ccc(Cl)c(NCc2cc(C(=O)O)co2)c1. The Morgan fingerprint density at radius 2 is 2.10 bits per heavy atom. The van der Waals surface area contributed by atoms with Crippen molar-refractivity contribution in [2.24, 2.45) is 5.14 Å². The average molecular weight is 331 g/mol. The summed E-state index contributed by atoms with van der Waals surface area (Å²) in [6, 6.07) is 5.33. The molecule has 2 rings (SSSR count). The van der Waals surface area contributed by atoms with Crippen LogP contribution in [0, 0.1) is 0 Å².